The second kappa shape index (κ2) is 5.63. The minimum atomic E-state index is -0.330. The molecular formula is C14H13N3O3S. The van der Waals surface area contributed by atoms with Crippen molar-refractivity contribution in [3.63, 3.8) is 0 Å². The summed E-state index contributed by atoms with van der Waals surface area (Å²) < 4.78 is 10.6. The zero-order valence-corrected chi connectivity index (χ0v) is 12.4. The van der Waals surface area contributed by atoms with Gasteiger partial charge in [0.05, 0.1) is 0 Å². The van der Waals surface area contributed by atoms with Crippen molar-refractivity contribution in [2.24, 2.45) is 0 Å². The number of hydrogen-bond donors (Lipinski definition) is 1. The zero-order chi connectivity index (χ0) is 14.8. The Balaban J connectivity index is 1.84. The van der Waals surface area contributed by atoms with E-state index in [4.69, 9.17) is 9.15 Å². The fourth-order valence-corrected chi connectivity index (χ4v) is 2.74. The average molecular weight is 303 g/mol. The molecule has 2 aromatic heterocycles. The van der Waals surface area contributed by atoms with E-state index in [0.29, 0.717) is 28.1 Å². The molecule has 0 fully saturated rings. The molecule has 1 N–H and O–H groups in total. The van der Waals surface area contributed by atoms with Crippen molar-refractivity contribution in [1.82, 2.24) is 10.2 Å². The van der Waals surface area contributed by atoms with E-state index >= 15 is 0 Å². The smallest absolute Gasteiger partial charge is 0.293 e. The molecule has 3 rings (SSSR count). The molecule has 2 heterocycles. The van der Waals surface area contributed by atoms with Gasteiger partial charge < -0.3 is 9.15 Å². The number of methoxy groups -OCH3 is 1. The lowest BCUT2D eigenvalue weighted by atomic mass is 10.1. The van der Waals surface area contributed by atoms with Crippen LogP contribution in [0, 0.1) is 6.92 Å². The summed E-state index contributed by atoms with van der Waals surface area (Å²) in [6.45, 7) is 2.23. The number of furan rings is 1. The maximum absolute atomic E-state index is 12.3. The number of aromatic nitrogens is 2. The van der Waals surface area contributed by atoms with E-state index < -0.39 is 0 Å². The van der Waals surface area contributed by atoms with Crippen LogP contribution < -0.4 is 5.32 Å². The van der Waals surface area contributed by atoms with Crippen molar-refractivity contribution in [3.8, 4) is 0 Å². The Hall–Kier alpha value is -2.25. The second-order valence-electron chi connectivity index (χ2n) is 4.44. The van der Waals surface area contributed by atoms with Gasteiger partial charge in [-0.15, -0.1) is 10.2 Å². The molecule has 0 atom stereocenters. The summed E-state index contributed by atoms with van der Waals surface area (Å²) in [5.74, 6) is -0.0384. The van der Waals surface area contributed by atoms with Gasteiger partial charge in [-0.2, -0.15) is 0 Å². The van der Waals surface area contributed by atoms with Crippen LogP contribution in [0.4, 0.5) is 5.13 Å². The molecule has 0 saturated carbocycles. The molecular weight excluding hydrogens is 290 g/mol. The van der Waals surface area contributed by atoms with Gasteiger partial charge >= 0.3 is 0 Å². The van der Waals surface area contributed by atoms with E-state index in [2.05, 4.69) is 15.5 Å². The Morgan fingerprint density at radius 1 is 1.38 bits per heavy atom. The lowest BCUT2D eigenvalue weighted by molar-refractivity contribution is 0.0998. The van der Waals surface area contributed by atoms with Crippen molar-refractivity contribution in [1.29, 1.82) is 0 Å². The molecule has 0 radical (unpaired) electrons. The fraction of sp³-hybridized carbons (Fsp3) is 0.214. The summed E-state index contributed by atoms with van der Waals surface area (Å²) in [6.07, 6.45) is 0. The van der Waals surface area contributed by atoms with Crippen molar-refractivity contribution in [2.75, 3.05) is 12.4 Å². The molecule has 6 nitrogen and oxygen atoms in total. The van der Waals surface area contributed by atoms with Gasteiger partial charge in [-0.25, -0.2) is 0 Å². The first-order valence-corrected chi connectivity index (χ1v) is 7.11. The Morgan fingerprint density at radius 3 is 2.95 bits per heavy atom. The number of hydrogen-bond acceptors (Lipinski definition) is 6. The number of carbonyl (C=O) groups excluding carboxylic acids is 1. The van der Waals surface area contributed by atoms with Crippen LogP contribution in [0.3, 0.4) is 0 Å². The van der Waals surface area contributed by atoms with Gasteiger partial charge in [0.25, 0.3) is 5.91 Å². The molecule has 0 aliphatic rings. The topological polar surface area (TPSA) is 77.3 Å². The number of nitrogens with one attached hydrogen (secondary N) is 1. The molecule has 0 bridgehead atoms. The van der Waals surface area contributed by atoms with Crippen molar-refractivity contribution < 1.29 is 13.9 Å². The molecule has 0 aliphatic carbocycles. The maximum Gasteiger partial charge on any atom is 0.293 e. The largest absolute Gasteiger partial charge is 0.451 e. The number of nitrogens with zero attached hydrogens (tertiary/aromatic N) is 2. The molecule has 3 aromatic rings. The van der Waals surface area contributed by atoms with Gasteiger partial charge in [0.15, 0.2) is 5.76 Å². The summed E-state index contributed by atoms with van der Waals surface area (Å²) >= 11 is 1.27. The molecule has 0 saturated heterocycles. The van der Waals surface area contributed by atoms with E-state index in [9.17, 15) is 4.79 Å². The summed E-state index contributed by atoms with van der Waals surface area (Å²) in [6, 6.07) is 7.54. The van der Waals surface area contributed by atoms with Crippen LogP contribution in [0.25, 0.3) is 11.0 Å². The van der Waals surface area contributed by atoms with E-state index in [1.807, 2.05) is 31.2 Å². The molecule has 0 spiro atoms. The number of anilines is 1. The highest BCUT2D eigenvalue weighted by molar-refractivity contribution is 7.15. The number of benzene rings is 1. The Labute approximate surface area is 124 Å². The van der Waals surface area contributed by atoms with Crippen LogP contribution in [0.5, 0.6) is 0 Å². The number of para-hydroxylation sites is 1. The molecule has 0 aliphatic heterocycles. The van der Waals surface area contributed by atoms with Crippen molar-refractivity contribution in [2.45, 2.75) is 13.5 Å². The molecule has 1 amide bonds. The first kappa shape index (κ1) is 13.7. The fourth-order valence-electron chi connectivity index (χ4n) is 2.03. The summed E-state index contributed by atoms with van der Waals surface area (Å²) in [5, 5.41) is 12.6. The van der Waals surface area contributed by atoms with Gasteiger partial charge in [0, 0.05) is 18.1 Å². The predicted molar refractivity (Wildman–Crippen MR) is 79.5 cm³/mol. The van der Waals surface area contributed by atoms with Gasteiger partial charge in [0.1, 0.15) is 17.2 Å². The van der Waals surface area contributed by atoms with Crippen LogP contribution in [-0.4, -0.2) is 23.2 Å². The standard InChI is InChI=1S/C14H13N3O3S/c1-8-9-5-3-4-6-10(9)20-12(8)13(18)15-14-17-16-11(21-14)7-19-2/h3-6H,7H2,1-2H3,(H,15,17,18). The highest BCUT2D eigenvalue weighted by Crippen LogP contribution is 2.26. The van der Waals surface area contributed by atoms with Crippen LogP contribution >= 0.6 is 11.3 Å². The van der Waals surface area contributed by atoms with Crippen molar-refractivity contribution in [3.05, 3.63) is 40.6 Å². The molecule has 1 aromatic carbocycles. The summed E-state index contributed by atoms with van der Waals surface area (Å²) in [5.41, 5.74) is 1.50. The van der Waals surface area contributed by atoms with Gasteiger partial charge in [-0.05, 0) is 13.0 Å². The third-order valence-corrected chi connectivity index (χ3v) is 3.82. The van der Waals surface area contributed by atoms with Crippen molar-refractivity contribution >= 4 is 33.3 Å². The molecule has 21 heavy (non-hydrogen) atoms. The Kier molecular flexibility index (Phi) is 3.68. The molecule has 7 heteroatoms. The third kappa shape index (κ3) is 2.65. The van der Waals surface area contributed by atoms with Gasteiger partial charge in [-0.1, -0.05) is 29.5 Å². The summed E-state index contributed by atoms with van der Waals surface area (Å²) in [4.78, 5) is 12.3. The number of rotatable bonds is 4. The predicted octanol–water partition coefficient (Wildman–Crippen LogP) is 2.99. The summed E-state index contributed by atoms with van der Waals surface area (Å²) in [7, 11) is 1.58. The Morgan fingerprint density at radius 2 is 2.19 bits per heavy atom. The van der Waals surface area contributed by atoms with Crippen LogP contribution in [0.15, 0.2) is 28.7 Å². The maximum atomic E-state index is 12.3. The van der Waals surface area contributed by atoms with Gasteiger partial charge in [-0.3, -0.25) is 10.1 Å². The highest BCUT2D eigenvalue weighted by atomic mass is 32.1. The zero-order valence-electron chi connectivity index (χ0n) is 11.5. The first-order chi connectivity index (χ1) is 10.2. The Bertz CT molecular complexity index is 794. The normalized spacial score (nSPS) is 11.0. The lowest BCUT2D eigenvalue weighted by Gasteiger charge is -1.98. The molecule has 108 valence electrons. The number of carbonyl (C=O) groups is 1. The number of amides is 1. The minimum Gasteiger partial charge on any atom is -0.451 e. The second-order valence-corrected chi connectivity index (χ2v) is 5.50. The van der Waals surface area contributed by atoms with Gasteiger partial charge in [0.2, 0.25) is 5.13 Å². The number of fused-ring (bicyclic) bond motifs is 1. The third-order valence-electron chi connectivity index (χ3n) is 3.01. The highest BCUT2D eigenvalue weighted by Gasteiger charge is 2.18. The number of ether oxygens (including phenoxy) is 1. The van der Waals surface area contributed by atoms with Crippen LogP contribution in [0.2, 0.25) is 0 Å². The van der Waals surface area contributed by atoms with E-state index in [-0.39, 0.29) is 5.91 Å². The van der Waals surface area contributed by atoms with E-state index in [0.717, 1.165) is 10.9 Å². The van der Waals surface area contributed by atoms with E-state index in [1.54, 1.807) is 7.11 Å². The van der Waals surface area contributed by atoms with E-state index in [1.165, 1.54) is 11.3 Å². The average Bonchev–Trinajstić information content (AvgIpc) is 3.05. The number of aryl methyl sites for hydroxylation is 1. The first-order valence-electron chi connectivity index (χ1n) is 6.30. The minimum absolute atomic E-state index is 0.291. The molecule has 0 unspecified atom stereocenters. The lowest BCUT2D eigenvalue weighted by Crippen LogP contribution is -2.11. The van der Waals surface area contributed by atoms with Crippen LogP contribution in [-0.2, 0) is 11.3 Å². The van der Waals surface area contributed by atoms with Crippen LogP contribution in [0.1, 0.15) is 21.1 Å². The SMILES string of the molecule is COCc1nnc(NC(=O)c2oc3ccccc3c2C)s1. The quantitative estimate of drug-likeness (QED) is 0.801. The monoisotopic (exact) mass is 303 g/mol.